The highest BCUT2D eigenvalue weighted by atomic mass is 32.2. The summed E-state index contributed by atoms with van der Waals surface area (Å²) >= 11 is 1.48. The van der Waals surface area contributed by atoms with Crippen molar-refractivity contribution in [2.75, 3.05) is 5.73 Å². The molecule has 0 spiro atoms. The second kappa shape index (κ2) is 5.56. The molecule has 0 saturated heterocycles. The van der Waals surface area contributed by atoms with E-state index in [1.165, 1.54) is 23.9 Å². The Morgan fingerprint density at radius 2 is 1.89 bits per heavy atom. The van der Waals surface area contributed by atoms with Gasteiger partial charge in [-0.15, -0.1) is 11.8 Å². The third-order valence-corrected chi connectivity index (χ3v) is 3.60. The molecule has 0 unspecified atom stereocenters. The molecular formula is C14H11FN2S. The predicted octanol–water partition coefficient (Wildman–Crippen LogP) is 3.57. The molecule has 18 heavy (non-hydrogen) atoms. The van der Waals surface area contributed by atoms with Gasteiger partial charge in [0.05, 0.1) is 11.6 Å². The summed E-state index contributed by atoms with van der Waals surface area (Å²) in [7, 11) is 0. The van der Waals surface area contributed by atoms with Crippen molar-refractivity contribution in [3.63, 3.8) is 0 Å². The summed E-state index contributed by atoms with van der Waals surface area (Å²) in [4.78, 5) is 0.736. The smallest absolute Gasteiger partial charge is 0.124 e. The van der Waals surface area contributed by atoms with Crippen LogP contribution in [0, 0.1) is 17.1 Å². The van der Waals surface area contributed by atoms with Gasteiger partial charge in [-0.25, -0.2) is 4.39 Å². The molecule has 0 aliphatic rings. The molecule has 0 atom stereocenters. The number of benzene rings is 2. The van der Waals surface area contributed by atoms with E-state index in [4.69, 9.17) is 11.0 Å². The van der Waals surface area contributed by atoms with E-state index in [0.29, 0.717) is 17.0 Å². The molecule has 0 saturated carbocycles. The van der Waals surface area contributed by atoms with E-state index >= 15 is 0 Å². The summed E-state index contributed by atoms with van der Waals surface area (Å²) in [6.07, 6.45) is 0. The van der Waals surface area contributed by atoms with E-state index in [1.807, 2.05) is 12.1 Å². The third kappa shape index (κ3) is 3.02. The molecule has 0 fully saturated rings. The van der Waals surface area contributed by atoms with Crippen molar-refractivity contribution in [2.45, 2.75) is 10.6 Å². The van der Waals surface area contributed by atoms with E-state index in [1.54, 1.807) is 18.2 Å². The Morgan fingerprint density at radius 1 is 1.17 bits per heavy atom. The lowest BCUT2D eigenvalue weighted by Gasteiger charge is -2.05. The maximum Gasteiger partial charge on any atom is 0.124 e. The molecule has 0 radical (unpaired) electrons. The van der Waals surface area contributed by atoms with Gasteiger partial charge in [0.25, 0.3) is 0 Å². The number of thioether (sulfide) groups is 1. The fourth-order valence-corrected chi connectivity index (χ4v) is 2.42. The largest absolute Gasteiger partial charge is 0.398 e. The highest BCUT2D eigenvalue weighted by molar-refractivity contribution is 7.98. The SMILES string of the molecule is N#Cc1ccc(CSc2cc(F)ccc2N)cc1. The van der Waals surface area contributed by atoms with Crippen LogP contribution >= 0.6 is 11.8 Å². The number of hydrogen-bond donors (Lipinski definition) is 1. The Kier molecular flexibility index (Phi) is 3.85. The molecule has 0 aliphatic heterocycles. The first kappa shape index (κ1) is 12.5. The second-order valence-corrected chi connectivity index (χ2v) is 4.80. The van der Waals surface area contributed by atoms with E-state index < -0.39 is 0 Å². The Labute approximate surface area is 109 Å². The molecule has 0 amide bonds. The van der Waals surface area contributed by atoms with Crippen molar-refractivity contribution in [2.24, 2.45) is 0 Å². The number of rotatable bonds is 3. The average Bonchev–Trinajstić information content (AvgIpc) is 2.40. The molecule has 0 bridgehead atoms. The van der Waals surface area contributed by atoms with E-state index in [-0.39, 0.29) is 5.82 Å². The van der Waals surface area contributed by atoms with Crippen LogP contribution in [0.1, 0.15) is 11.1 Å². The third-order valence-electron chi connectivity index (χ3n) is 2.45. The minimum Gasteiger partial charge on any atom is -0.398 e. The number of hydrogen-bond acceptors (Lipinski definition) is 3. The number of nitrogens with two attached hydrogens (primary N) is 1. The lowest BCUT2D eigenvalue weighted by atomic mass is 10.2. The first-order chi connectivity index (χ1) is 8.69. The van der Waals surface area contributed by atoms with E-state index in [0.717, 1.165) is 10.5 Å². The van der Waals surface area contributed by atoms with Crippen LogP contribution in [0.3, 0.4) is 0 Å². The van der Waals surface area contributed by atoms with Crippen LogP contribution in [-0.4, -0.2) is 0 Å². The van der Waals surface area contributed by atoms with Crippen molar-refractivity contribution in [1.82, 2.24) is 0 Å². The molecule has 90 valence electrons. The molecule has 2 nitrogen and oxygen atoms in total. The molecule has 2 rings (SSSR count). The molecular weight excluding hydrogens is 247 g/mol. The molecule has 2 N–H and O–H groups in total. The van der Waals surface area contributed by atoms with Gasteiger partial charge >= 0.3 is 0 Å². The van der Waals surface area contributed by atoms with Crippen molar-refractivity contribution < 1.29 is 4.39 Å². The number of halogens is 1. The molecule has 2 aromatic carbocycles. The van der Waals surface area contributed by atoms with Crippen molar-refractivity contribution in [3.05, 3.63) is 59.4 Å². The summed E-state index contributed by atoms with van der Waals surface area (Å²) in [6.45, 7) is 0. The van der Waals surface area contributed by atoms with Crippen LogP contribution in [0.15, 0.2) is 47.4 Å². The Morgan fingerprint density at radius 3 is 2.56 bits per heavy atom. The van der Waals surface area contributed by atoms with Crippen LogP contribution in [0.2, 0.25) is 0 Å². The van der Waals surface area contributed by atoms with Crippen LogP contribution in [-0.2, 0) is 5.75 Å². The minimum absolute atomic E-state index is 0.286. The first-order valence-electron chi connectivity index (χ1n) is 5.36. The van der Waals surface area contributed by atoms with Gasteiger partial charge in [0.1, 0.15) is 5.82 Å². The number of nitrogen functional groups attached to an aromatic ring is 1. The highest BCUT2D eigenvalue weighted by Crippen LogP contribution is 2.28. The first-order valence-corrected chi connectivity index (χ1v) is 6.34. The topological polar surface area (TPSA) is 49.8 Å². The van der Waals surface area contributed by atoms with Gasteiger partial charge in [-0.05, 0) is 35.9 Å². The van der Waals surface area contributed by atoms with Crippen LogP contribution in [0.25, 0.3) is 0 Å². The van der Waals surface area contributed by atoms with Crippen molar-refractivity contribution >= 4 is 17.4 Å². The summed E-state index contributed by atoms with van der Waals surface area (Å²) < 4.78 is 13.1. The van der Waals surface area contributed by atoms with Gasteiger partial charge in [-0.1, -0.05) is 12.1 Å². The van der Waals surface area contributed by atoms with Gasteiger partial charge in [-0.2, -0.15) is 5.26 Å². The van der Waals surface area contributed by atoms with Gasteiger partial charge in [0.2, 0.25) is 0 Å². The van der Waals surface area contributed by atoms with Crippen molar-refractivity contribution in [3.8, 4) is 6.07 Å². The van der Waals surface area contributed by atoms with E-state index in [9.17, 15) is 4.39 Å². The predicted molar refractivity (Wildman–Crippen MR) is 71.5 cm³/mol. The zero-order chi connectivity index (χ0) is 13.0. The van der Waals surface area contributed by atoms with Crippen LogP contribution < -0.4 is 5.73 Å². The van der Waals surface area contributed by atoms with Crippen molar-refractivity contribution in [1.29, 1.82) is 5.26 Å². The van der Waals surface area contributed by atoms with Gasteiger partial charge in [0, 0.05) is 16.3 Å². The fraction of sp³-hybridized carbons (Fsp3) is 0.0714. The summed E-state index contributed by atoms with van der Waals surface area (Å²) in [5.74, 6) is 0.408. The zero-order valence-electron chi connectivity index (χ0n) is 9.56. The minimum atomic E-state index is -0.286. The molecule has 0 aromatic heterocycles. The number of nitrogens with zero attached hydrogens (tertiary/aromatic N) is 1. The summed E-state index contributed by atoms with van der Waals surface area (Å²) in [5, 5.41) is 8.69. The standard InChI is InChI=1S/C14H11FN2S/c15-12-5-6-13(17)14(7-12)18-9-11-3-1-10(8-16)2-4-11/h1-7H,9,17H2. The molecule has 2 aromatic rings. The maximum atomic E-state index is 13.1. The lowest BCUT2D eigenvalue weighted by molar-refractivity contribution is 0.624. The fourth-order valence-electron chi connectivity index (χ4n) is 1.47. The number of anilines is 1. The Hall–Kier alpha value is -1.99. The Bertz CT molecular complexity index is 588. The zero-order valence-corrected chi connectivity index (χ0v) is 10.4. The van der Waals surface area contributed by atoms with Crippen LogP contribution in [0.4, 0.5) is 10.1 Å². The second-order valence-electron chi connectivity index (χ2n) is 3.78. The number of nitriles is 1. The quantitative estimate of drug-likeness (QED) is 0.676. The average molecular weight is 258 g/mol. The summed E-state index contributed by atoms with van der Waals surface area (Å²) in [5.41, 5.74) is 8.05. The lowest BCUT2D eigenvalue weighted by Crippen LogP contribution is -1.90. The van der Waals surface area contributed by atoms with Gasteiger partial charge < -0.3 is 5.73 Å². The molecule has 0 heterocycles. The monoisotopic (exact) mass is 258 g/mol. The normalized spacial score (nSPS) is 10.0. The molecule has 4 heteroatoms. The summed E-state index contributed by atoms with van der Waals surface area (Å²) in [6, 6.07) is 13.7. The van der Waals surface area contributed by atoms with Gasteiger partial charge in [0.15, 0.2) is 0 Å². The van der Waals surface area contributed by atoms with E-state index in [2.05, 4.69) is 6.07 Å². The molecule has 0 aliphatic carbocycles. The Balaban J connectivity index is 2.07. The highest BCUT2D eigenvalue weighted by Gasteiger charge is 2.03. The van der Waals surface area contributed by atoms with Crippen LogP contribution in [0.5, 0.6) is 0 Å². The maximum absolute atomic E-state index is 13.1. The van der Waals surface area contributed by atoms with Gasteiger partial charge in [-0.3, -0.25) is 0 Å².